The van der Waals surface area contributed by atoms with Crippen LogP contribution in [-0.2, 0) is 11.3 Å². The normalized spacial score (nSPS) is 23.7. The zero-order valence-electron chi connectivity index (χ0n) is 13.4. The smallest absolute Gasteiger partial charge is 0.411 e. The van der Waals surface area contributed by atoms with Crippen molar-refractivity contribution >= 4 is 17.9 Å². The topological polar surface area (TPSA) is 49.8 Å². The summed E-state index contributed by atoms with van der Waals surface area (Å²) in [6.45, 7) is 0.944. The minimum absolute atomic E-state index is 0.152. The van der Waals surface area contributed by atoms with Crippen LogP contribution in [0.15, 0.2) is 30.3 Å². The average molecular weight is 335 g/mol. The zero-order valence-corrected chi connectivity index (χ0v) is 14.2. The molecule has 126 valence electrons. The standard InChI is InChI=1S/C18H25NO3S/c20-16(15-9-5-2-6-10-15)17-19(11-12-23-17)18(21)22-13-14-7-3-1-4-8-14/h1,3-4,7-8,15-17,20H,2,5-6,9-13H2. The van der Waals surface area contributed by atoms with Gasteiger partial charge in [-0.25, -0.2) is 4.79 Å². The Morgan fingerprint density at radius 3 is 2.74 bits per heavy atom. The van der Waals surface area contributed by atoms with Crippen LogP contribution in [0, 0.1) is 5.92 Å². The molecule has 1 aliphatic heterocycles. The summed E-state index contributed by atoms with van der Waals surface area (Å²) in [5, 5.41) is 10.6. The Morgan fingerprint density at radius 1 is 1.26 bits per heavy atom. The highest BCUT2D eigenvalue weighted by Gasteiger charge is 2.39. The summed E-state index contributed by atoms with van der Waals surface area (Å²) in [4.78, 5) is 14.1. The van der Waals surface area contributed by atoms with E-state index >= 15 is 0 Å². The van der Waals surface area contributed by atoms with E-state index in [9.17, 15) is 9.90 Å². The number of rotatable bonds is 4. The molecule has 5 heteroatoms. The van der Waals surface area contributed by atoms with Crippen molar-refractivity contribution in [2.75, 3.05) is 12.3 Å². The number of ether oxygens (including phenoxy) is 1. The quantitative estimate of drug-likeness (QED) is 0.913. The van der Waals surface area contributed by atoms with Gasteiger partial charge in [0.2, 0.25) is 0 Å². The summed E-state index contributed by atoms with van der Waals surface area (Å²) in [7, 11) is 0. The van der Waals surface area contributed by atoms with Gasteiger partial charge in [0.15, 0.2) is 0 Å². The third-order valence-electron chi connectivity index (χ3n) is 4.79. The molecule has 1 amide bonds. The van der Waals surface area contributed by atoms with E-state index in [2.05, 4.69) is 0 Å². The van der Waals surface area contributed by atoms with Crippen molar-refractivity contribution in [2.45, 2.75) is 50.2 Å². The van der Waals surface area contributed by atoms with Crippen molar-refractivity contribution in [3.8, 4) is 0 Å². The summed E-state index contributed by atoms with van der Waals surface area (Å²) in [6.07, 6.45) is 5.06. The fourth-order valence-corrected chi connectivity index (χ4v) is 4.81. The molecule has 1 saturated heterocycles. The molecule has 0 bridgehead atoms. The van der Waals surface area contributed by atoms with E-state index in [4.69, 9.17) is 4.74 Å². The van der Waals surface area contributed by atoms with Gasteiger partial charge in [0, 0.05) is 12.3 Å². The van der Waals surface area contributed by atoms with Gasteiger partial charge in [-0.15, -0.1) is 11.8 Å². The Kier molecular flexibility index (Phi) is 5.84. The summed E-state index contributed by atoms with van der Waals surface area (Å²) in [6, 6.07) is 9.70. The van der Waals surface area contributed by atoms with Crippen molar-refractivity contribution in [3.63, 3.8) is 0 Å². The van der Waals surface area contributed by atoms with E-state index in [1.54, 1.807) is 16.7 Å². The number of aliphatic hydroxyl groups is 1. The maximum absolute atomic E-state index is 12.4. The summed E-state index contributed by atoms with van der Waals surface area (Å²) in [5.74, 6) is 1.19. The summed E-state index contributed by atoms with van der Waals surface area (Å²) < 4.78 is 5.44. The summed E-state index contributed by atoms with van der Waals surface area (Å²) in [5.41, 5.74) is 0.983. The first kappa shape index (κ1) is 16.7. The van der Waals surface area contributed by atoms with Gasteiger partial charge >= 0.3 is 6.09 Å². The van der Waals surface area contributed by atoms with Gasteiger partial charge in [0.25, 0.3) is 0 Å². The lowest BCUT2D eigenvalue weighted by atomic mass is 9.85. The first-order valence-electron chi connectivity index (χ1n) is 8.52. The highest BCUT2D eigenvalue weighted by Crippen LogP contribution is 2.35. The van der Waals surface area contributed by atoms with Gasteiger partial charge in [-0.05, 0) is 24.3 Å². The molecule has 0 spiro atoms. The lowest BCUT2D eigenvalue weighted by Crippen LogP contribution is -2.45. The van der Waals surface area contributed by atoms with E-state index in [0.717, 1.165) is 24.2 Å². The van der Waals surface area contributed by atoms with Crippen LogP contribution in [0.1, 0.15) is 37.7 Å². The number of carbonyl (C=O) groups is 1. The molecule has 3 rings (SSSR count). The SMILES string of the molecule is O=C(OCc1ccccc1)N1CCSC1C(O)C1CCCCC1. The van der Waals surface area contributed by atoms with Gasteiger partial charge < -0.3 is 9.84 Å². The largest absolute Gasteiger partial charge is 0.445 e. The number of hydrogen-bond donors (Lipinski definition) is 1. The number of carbonyl (C=O) groups excluding carboxylic acids is 1. The van der Waals surface area contributed by atoms with Crippen LogP contribution in [0.25, 0.3) is 0 Å². The number of thioether (sulfide) groups is 1. The van der Waals surface area contributed by atoms with Gasteiger partial charge in [0.1, 0.15) is 12.0 Å². The second kappa shape index (κ2) is 8.06. The summed E-state index contributed by atoms with van der Waals surface area (Å²) >= 11 is 1.68. The molecule has 2 fully saturated rings. The number of hydrogen-bond acceptors (Lipinski definition) is 4. The first-order valence-corrected chi connectivity index (χ1v) is 9.57. The maximum Gasteiger partial charge on any atom is 0.411 e. The predicted molar refractivity (Wildman–Crippen MR) is 92.2 cm³/mol. The van der Waals surface area contributed by atoms with Crippen LogP contribution in [0.2, 0.25) is 0 Å². The zero-order chi connectivity index (χ0) is 16.1. The highest BCUT2D eigenvalue weighted by molar-refractivity contribution is 8.00. The van der Waals surface area contributed by atoms with Gasteiger partial charge in [-0.1, -0.05) is 49.6 Å². The Labute approximate surface area is 142 Å². The van der Waals surface area contributed by atoms with Crippen molar-refractivity contribution < 1.29 is 14.6 Å². The molecular weight excluding hydrogens is 310 g/mol. The van der Waals surface area contributed by atoms with E-state index in [-0.39, 0.29) is 18.1 Å². The Bertz CT molecular complexity index is 504. The molecule has 4 nitrogen and oxygen atoms in total. The second-order valence-corrected chi connectivity index (χ2v) is 7.61. The monoisotopic (exact) mass is 335 g/mol. The molecule has 0 aromatic heterocycles. The van der Waals surface area contributed by atoms with Gasteiger partial charge in [-0.2, -0.15) is 0 Å². The molecule has 2 atom stereocenters. The molecule has 1 aromatic carbocycles. The minimum Gasteiger partial charge on any atom is -0.445 e. The lowest BCUT2D eigenvalue weighted by Gasteiger charge is -2.33. The molecule has 0 radical (unpaired) electrons. The molecule has 23 heavy (non-hydrogen) atoms. The average Bonchev–Trinajstić information content (AvgIpc) is 3.10. The fraction of sp³-hybridized carbons (Fsp3) is 0.611. The highest BCUT2D eigenvalue weighted by atomic mass is 32.2. The fourth-order valence-electron chi connectivity index (χ4n) is 3.48. The van der Waals surface area contributed by atoms with Crippen molar-refractivity contribution in [3.05, 3.63) is 35.9 Å². The third kappa shape index (κ3) is 4.21. The van der Waals surface area contributed by atoms with Gasteiger partial charge in [-0.3, -0.25) is 4.90 Å². The van der Waals surface area contributed by atoms with Crippen LogP contribution in [-0.4, -0.2) is 39.9 Å². The number of aliphatic hydroxyl groups excluding tert-OH is 1. The van der Waals surface area contributed by atoms with Crippen LogP contribution in [0.4, 0.5) is 4.79 Å². The molecule has 1 aliphatic carbocycles. The molecular formula is C18H25NO3S. The minimum atomic E-state index is -0.438. The number of benzene rings is 1. The van der Waals surface area contributed by atoms with Crippen LogP contribution in [0.3, 0.4) is 0 Å². The molecule has 1 N–H and O–H groups in total. The van der Waals surface area contributed by atoms with E-state index < -0.39 is 6.10 Å². The van der Waals surface area contributed by atoms with Gasteiger partial charge in [0.05, 0.1) is 6.10 Å². The van der Waals surface area contributed by atoms with Crippen molar-refractivity contribution in [1.29, 1.82) is 0 Å². The first-order chi connectivity index (χ1) is 11.3. The van der Waals surface area contributed by atoms with Crippen molar-refractivity contribution in [2.24, 2.45) is 5.92 Å². The lowest BCUT2D eigenvalue weighted by molar-refractivity contribution is 0.0299. The van der Waals surface area contributed by atoms with Crippen molar-refractivity contribution in [1.82, 2.24) is 4.90 Å². The van der Waals surface area contributed by atoms with Crippen LogP contribution in [0.5, 0.6) is 0 Å². The molecule has 1 heterocycles. The Morgan fingerprint density at radius 2 is 2.00 bits per heavy atom. The van der Waals surface area contributed by atoms with E-state index in [1.807, 2.05) is 30.3 Å². The molecule has 1 aromatic rings. The van der Waals surface area contributed by atoms with Crippen LogP contribution < -0.4 is 0 Å². The maximum atomic E-state index is 12.4. The van der Waals surface area contributed by atoms with E-state index in [0.29, 0.717) is 12.5 Å². The number of nitrogens with zero attached hydrogens (tertiary/aromatic N) is 1. The molecule has 2 aliphatic rings. The molecule has 1 saturated carbocycles. The number of amides is 1. The Hall–Kier alpha value is -1.20. The second-order valence-electron chi connectivity index (χ2n) is 6.38. The Balaban J connectivity index is 1.56. The third-order valence-corrected chi connectivity index (χ3v) is 6.09. The van der Waals surface area contributed by atoms with E-state index in [1.165, 1.54) is 19.3 Å². The predicted octanol–water partition coefficient (Wildman–Crippen LogP) is 3.64. The molecule has 2 unspecified atom stereocenters. The van der Waals surface area contributed by atoms with Crippen LogP contribution >= 0.6 is 11.8 Å².